The molecule has 0 unspecified atom stereocenters. The highest BCUT2D eigenvalue weighted by Crippen LogP contribution is 2.56. The van der Waals surface area contributed by atoms with Crippen molar-refractivity contribution in [2.24, 2.45) is 0 Å². The van der Waals surface area contributed by atoms with Crippen molar-refractivity contribution < 1.29 is 33.9 Å². The molecule has 9 nitrogen and oxygen atoms in total. The van der Waals surface area contributed by atoms with Gasteiger partial charge in [-0.05, 0) is 61.1 Å². The number of anilines is 1. The Balaban J connectivity index is 1.35. The summed E-state index contributed by atoms with van der Waals surface area (Å²) < 4.78 is 30.1. The molecule has 4 aliphatic rings. The lowest BCUT2D eigenvalue weighted by Crippen LogP contribution is -2.51. The van der Waals surface area contributed by atoms with Crippen LogP contribution in [0.15, 0.2) is 24.3 Å². The van der Waals surface area contributed by atoms with Gasteiger partial charge in [0.25, 0.3) is 0 Å². The molecule has 0 bridgehead atoms. The lowest BCUT2D eigenvalue weighted by Gasteiger charge is -2.41. The van der Waals surface area contributed by atoms with Crippen molar-refractivity contribution in [2.45, 2.75) is 76.2 Å². The Morgan fingerprint density at radius 1 is 0.886 bits per heavy atom. The minimum absolute atomic E-state index is 0.0687. The average Bonchev–Trinajstić information content (AvgIpc) is 3.04. The third-order valence-electron chi connectivity index (χ3n) is 9.94. The summed E-state index contributed by atoms with van der Waals surface area (Å²) in [4.78, 5) is 0. The number of fused-ring (bicyclic) bond motifs is 2. The first kappa shape index (κ1) is 28.9. The number of nitrogens with one attached hydrogen (secondary N) is 2. The Kier molecular flexibility index (Phi) is 7.41. The number of phenolic OH excluding ortho intramolecular Hbond substituents is 1. The van der Waals surface area contributed by atoms with Crippen LogP contribution in [0.2, 0.25) is 0 Å². The van der Waals surface area contributed by atoms with Crippen LogP contribution in [0.5, 0.6) is 34.5 Å². The third kappa shape index (κ3) is 4.51. The molecule has 1 saturated carbocycles. The summed E-state index contributed by atoms with van der Waals surface area (Å²) in [6.07, 6.45) is 6.15. The second-order valence-electron chi connectivity index (χ2n) is 12.3. The van der Waals surface area contributed by atoms with Crippen LogP contribution < -0.4 is 34.3 Å². The number of ether oxygens (including phenoxy) is 5. The van der Waals surface area contributed by atoms with Gasteiger partial charge in [0.1, 0.15) is 17.2 Å². The van der Waals surface area contributed by atoms with Gasteiger partial charge in [0.05, 0.1) is 34.0 Å². The van der Waals surface area contributed by atoms with Gasteiger partial charge in [-0.1, -0.05) is 13.3 Å². The second-order valence-corrected chi connectivity index (χ2v) is 12.3. The number of hydrogen-bond acceptors (Lipinski definition) is 9. The van der Waals surface area contributed by atoms with E-state index in [0.717, 1.165) is 95.6 Å². The summed E-state index contributed by atoms with van der Waals surface area (Å²) in [6.45, 7) is 3.89. The number of aromatic hydroxyl groups is 1. The highest BCUT2D eigenvalue weighted by Gasteiger charge is 2.41. The molecule has 2 aliphatic heterocycles. The second kappa shape index (κ2) is 11.3. The Labute approximate surface area is 258 Å². The van der Waals surface area contributed by atoms with Gasteiger partial charge in [0, 0.05) is 65.4 Å². The first-order chi connectivity index (χ1) is 21.4. The van der Waals surface area contributed by atoms with Gasteiger partial charge < -0.3 is 39.2 Å². The normalized spacial score (nSPS) is 20.8. The van der Waals surface area contributed by atoms with E-state index in [2.05, 4.69) is 23.6 Å². The van der Waals surface area contributed by atoms with E-state index >= 15 is 0 Å². The number of rotatable bonds is 8. The van der Waals surface area contributed by atoms with Crippen molar-refractivity contribution in [3.05, 3.63) is 52.1 Å². The lowest BCUT2D eigenvalue weighted by atomic mass is 9.74. The Hall–Kier alpha value is -3.82. The molecule has 3 aromatic rings. The van der Waals surface area contributed by atoms with Crippen LogP contribution in [0.1, 0.15) is 78.9 Å². The summed E-state index contributed by atoms with van der Waals surface area (Å²) in [5.41, 5.74) is 7.86. The molecule has 3 aromatic carbocycles. The molecular weight excluding hydrogens is 560 g/mol. The summed E-state index contributed by atoms with van der Waals surface area (Å²) in [5.74, 6) is 2.53. The molecule has 0 aromatic heterocycles. The van der Waals surface area contributed by atoms with E-state index in [4.69, 9.17) is 23.7 Å². The van der Waals surface area contributed by atoms with Crippen molar-refractivity contribution in [3.63, 3.8) is 0 Å². The van der Waals surface area contributed by atoms with Gasteiger partial charge >= 0.3 is 0 Å². The van der Waals surface area contributed by atoms with Crippen molar-refractivity contribution in [1.82, 2.24) is 5.32 Å². The number of benzene rings is 3. The third-order valence-corrected chi connectivity index (χ3v) is 9.94. The maximum Gasteiger partial charge on any atom is 0.200 e. The lowest BCUT2D eigenvalue weighted by molar-refractivity contribution is -0.00174. The number of aliphatic hydroxyl groups is 1. The fourth-order valence-electron chi connectivity index (χ4n) is 7.86. The highest BCUT2D eigenvalue weighted by molar-refractivity contribution is 5.93. The van der Waals surface area contributed by atoms with Gasteiger partial charge in [-0.15, -0.1) is 0 Å². The maximum atomic E-state index is 12.0. The summed E-state index contributed by atoms with van der Waals surface area (Å²) >= 11 is 0. The molecule has 0 amide bonds. The molecule has 234 valence electrons. The minimum Gasteiger partial charge on any atom is -0.502 e. The van der Waals surface area contributed by atoms with Crippen molar-refractivity contribution in [1.29, 1.82) is 0 Å². The van der Waals surface area contributed by atoms with Crippen LogP contribution in [0.4, 0.5) is 5.69 Å². The predicted molar refractivity (Wildman–Crippen MR) is 168 cm³/mol. The molecule has 0 spiro atoms. The zero-order valence-electron chi connectivity index (χ0n) is 26.0. The molecule has 9 heteroatoms. The first-order valence-electron chi connectivity index (χ1n) is 15.8. The van der Waals surface area contributed by atoms with Crippen LogP contribution >= 0.6 is 0 Å². The average molecular weight is 603 g/mol. The Bertz CT molecular complexity index is 1570. The van der Waals surface area contributed by atoms with Gasteiger partial charge in [0.15, 0.2) is 17.2 Å². The quantitative estimate of drug-likeness (QED) is 0.232. The van der Waals surface area contributed by atoms with Crippen molar-refractivity contribution in [2.75, 3.05) is 39.8 Å². The Morgan fingerprint density at radius 2 is 1.59 bits per heavy atom. The number of phenols is 1. The topological polar surface area (TPSA) is 111 Å². The number of aliphatic hydroxyl groups excluding tert-OH is 1. The monoisotopic (exact) mass is 602 g/mol. The maximum absolute atomic E-state index is 12.0. The Morgan fingerprint density at radius 3 is 2.27 bits per heavy atom. The fraction of sp³-hybridized carbons (Fsp3) is 0.486. The minimum atomic E-state index is -0.828. The van der Waals surface area contributed by atoms with E-state index in [1.807, 2.05) is 6.07 Å². The number of methoxy groups -OCH3 is 3. The molecule has 1 fully saturated rings. The van der Waals surface area contributed by atoms with E-state index in [-0.39, 0.29) is 24.0 Å². The van der Waals surface area contributed by atoms with Crippen LogP contribution in [-0.2, 0) is 19.4 Å². The van der Waals surface area contributed by atoms with E-state index in [0.29, 0.717) is 23.8 Å². The zero-order valence-corrected chi connectivity index (χ0v) is 26.0. The largest absolute Gasteiger partial charge is 0.502 e. The van der Waals surface area contributed by atoms with Gasteiger partial charge in [-0.3, -0.25) is 5.32 Å². The SMILES string of the molecule is CCNC1(Oc2cc(OC)c3c4c2CNc2cc5c(c(c2-4)CC3)[C@@H](O)[C@H](c2cc(OC)c(O)c(OC)c2)CO5)CCCCC1. The van der Waals surface area contributed by atoms with E-state index in [1.54, 1.807) is 19.2 Å². The van der Waals surface area contributed by atoms with Crippen molar-refractivity contribution >= 4 is 5.69 Å². The van der Waals surface area contributed by atoms with Crippen molar-refractivity contribution in [3.8, 4) is 45.6 Å². The smallest absolute Gasteiger partial charge is 0.200 e. The first-order valence-corrected chi connectivity index (χ1v) is 15.8. The van der Waals surface area contributed by atoms with Gasteiger partial charge in [0.2, 0.25) is 5.75 Å². The van der Waals surface area contributed by atoms with E-state index in [1.165, 1.54) is 26.2 Å². The van der Waals surface area contributed by atoms with Crippen LogP contribution in [-0.4, -0.2) is 50.4 Å². The molecule has 44 heavy (non-hydrogen) atoms. The van der Waals surface area contributed by atoms with E-state index in [9.17, 15) is 10.2 Å². The standard InChI is InChI=1S/C35H42N2O7/c1-5-37-35(11-7-6-8-12-35)44-26-16-25(40-2)20-9-10-21-31-24(36-17-22(26)30(20)31)15-27-32(21)33(38)23(18-43-27)19-13-28(41-3)34(39)29(14-19)42-4/h13-16,23,33,36-39H,5-12,17-18H2,1-4H3/t23-,33-/m0/s1. The van der Waals surface area contributed by atoms with Crippen LogP contribution in [0.25, 0.3) is 11.1 Å². The molecule has 0 saturated heterocycles. The fourth-order valence-corrected chi connectivity index (χ4v) is 7.86. The zero-order chi connectivity index (χ0) is 30.6. The van der Waals surface area contributed by atoms with Gasteiger partial charge in [-0.25, -0.2) is 0 Å². The van der Waals surface area contributed by atoms with Crippen LogP contribution in [0, 0.1) is 0 Å². The molecule has 0 radical (unpaired) electrons. The predicted octanol–water partition coefficient (Wildman–Crippen LogP) is 5.97. The molecule has 7 rings (SSSR count). The number of hydrogen-bond donors (Lipinski definition) is 4. The van der Waals surface area contributed by atoms with Gasteiger partial charge in [-0.2, -0.15) is 0 Å². The molecular formula is C35H42N2O7. The molecule has 2 aliphatic carbocycles. The highest BCUT2D eigenvalue weighted by atomic mass is 16.5. The summed E-state index contributed by atoms with van der Waals surface area (Å²) in [5, 5.41) is 29.8. The molecule has 2 heterocycles. The summed E-state index contributed by atoms with van der Waals surface area (Å²) in [7, 11) is 4.73. The van der Waals surface area contributed by atoms with Crippen LogP contribution in [0.3, 0.4) is 0 Å². The molecule has 4 N–H and O–H groups in total. The summed E-state index contributed by atoms with van der Waals surface area (Å²) in [6, 6.07) is 7.61. The van der Waals surface area contributed by atoms with E-state index < -0.39 is 6.10 Å². The molecule has 2 atom stereocenters.